The smallest absolute Gasteiger partial charge is 0.337 e. The van der Waals surface area contributed by atoms with E-state index in [-0.39, 0.29) is 22.5 Å². The second-order valence-corrected chi connectivity index (χ2v) is 7.14. The molecule has 2 atom stereocenters. The lowest BCUT2D eigenvalue weighted by molar-refractivity contribution is 0.0600. The molecule has 2 unspecified atom stereocenters. The maximum atomic E-state index is 12.8. The SMILES string of the molecule is COC(=O)c1ccc(C)c(S(=O)(=O)N2CCC(N)C2C)c1. The van der Waals surface area contributed by atoms with Gasteiger partial charge in [0.2, 0.25) is 10.0 Å². The number of rotatable bonds is 3. The minimum Gasteiger partial charge on any atom is -0.465 e. The molecule has 0 saturated carbocycles. The van der Waals surface area contributed by atoms with Crippen molar-refractivity contribution in [3.05, 3.63) is 29.3 Å². The van der Waals surface area contributed by atoms with E-state index in [0.29, 0.717) is 18.5 Å². The number of nitrogens with zero attached hydrogens (tertiary/aromatic N) is 1. The first-order valence-corrected chi connectivity index (χ1v) is 8.19. The summed E-state index contributed by atoms with van der Waals surface area (Å²) in [6, 6.07) is 4.12. The molecule has 6 nitrogen and oxygen atoms in total. The van der Waals surface area contributed by atoms with E-state index in [4.69, 9.17) is 5.73 Å². The summed E-state index contributed by atoms with van der Waals surface area (Å²) in [4.78, 5) is 11.7. The van der Waals surface area contributed by atoms with Gasteiger partial charge in [-0.05, 0) is 38.0 Å². The maximum Gasteiger partial charge on any atom is 0.337 e. The highest BCUT2D eigenvalue weighted by Crippen LogP contribution is 2.28. The lowest BCUT2D eigenvalue weighted by atomic mass is 10.1. The Labute approximate surface area is 124 Å². The average Bonchev–Trinajstić information content (AvgIpc) is 2.79. The molecular formula is C14H20N2O4S. The summed E-state index contributed by atoms with van der Waals surface area (Å²) >= 11 is 0. The highest BCUT2D eigenvalue weighted by atomic mass is 32.2. The van der Waals surface area contributed by atoms with Crippen LogP contribution in [-0.2, 0) is 14.8 Å². The predicted octanol–water partition coefficient (Wildman–Crippen LogP) is 0.892. The van der Waals surface area contributed by atoms with Crippen molar-refractivity contribution in [3.63, 3.8) is 0 Å². The minimum atomic E-state index is -3.67. The third-order valence-electron chi connectivity index (χ3n) is 3.95. The zero-order valence-corrected chi connectivity index (χ0v) is 13.2. The van der Waals surface area contributed by atoms with Gasteiger partial charge in [-0.25, -0.2) is 13.2 Å². The van der Waals surface area contributed by atoms with Crippen molar-refractivity contribution < 1.29 is 17.9 Å². The molecule has 0 amide bonds. The van der Waals surface area contributed by atoms with E-state index >= 15 is 0 Å². The second-order valence-electron chi connectivity index (χ2n) is 5.28. The van der Waals surface area contributed by atoms with Gasteiger partial charge in [0.15, 0.2) is 0 Å². The number of nitrogens with two attached hydrogens (primary N) is 1. The van der Waals surface area contributed by atoms with Gasteiger partial charge in [0.05, 0.1) is 17.6 Å². The molecular weight excluding hydrogens is 292 g/mol. The summed E-state index contributed by atoms with van der Waals surface area (Å²) in [7, 11) is -2.41. The molecule has 0 aliphatic carbocycles. The summed E-state index contributed by atoms with van der Waals surface area (Å²) in [5.41, 5.74) is 6.71. The van der Waals surface area contributed by atoms with Crippen molar-refractivity contribution in [1.29, 1.82) is 0 Å². The highest BCUT2D eigenvalue weighted by Gasteiger charge is 2.38. The molecule has 1 aliphatic rings. The third-order valence-corrected chi connectivity index (χ3v) is 6.08. The zero-order valence-electron chi connectivity index (χ0n) is 12.4. The van der Waals surface area contributed by atoms with Gasteiger partial charge in [-0.3, -0.25) is 0 Å². The van der Waals surface area contributed by atoms with E-state index in [1.54, 1.807) is 26.0 Å². The minimum absolute atomic E-state index is 0.131. The van der Waals surface area contributed by atoms with Crippen LogP contribution in [0.3, 0.4) is 0 Å². The average molecular weight is 312 g/mol. The van der Waals surface area contributed by atoms with Gasteiger partial charge in [0.1, 0.15) is 0 Å². The van der Waals surface area contributed by atoms with Gasteiger partial charge in [0, 0.05) is 18.6 Å². The van der Waals surface area contributed by atoms with Crippen LogP contribution >= 0.6 is 0 Å². The van der Waals surface area contributed by atoms with Crippen LogP contribution in [0.2, 0.25) is 0 Å². The molecule has 1 aromatic rings. The summed E-state index contributed by atoms with van der Waals surface area (Å²) in [6.45, 7) is 3.90. The van der Waals surface area contributed by atoms with Gasteiger partial charge < -0.3 is 10.5 Å². The number of hydrogen-bond donors (Lipinski definition) is 1. The van der Waals surface area contributed by atoms with Crippen LogP contribution in [-0.4, -0.2) is 44.4 Å². The van der Waals surface area contributed by atoms with Crippen LogP contribution in [0.25, 0.3) is 0 Å². The number of aryl methyl sites for hydroxylation is 1. The fraction of sp³-hybridized carbons (Fsp3) is 0.500. The molecule has 0 aromatic heterocycles. The van der Waals surface area contributed by atoms with E-state index < -0.39 is 16.0 Å². The van der Waals surface area contributed by atoms with Gasteiger partial charge in [-0.2, -0.15) is 4.31 Å². The topological polar surface area (TPSA) is 89.7 Å². The first-order valence-electron chi connectivity index (χ1n) is 6.75. The monoisotopic (exact) mass is 312 g/mol. The predicted molar refractivity (Wildman–Crippen MR) is 78.5 cm³/mol. The molecule has 1 aromatic carbocycles. The fourth-order valence-electron chi connectivity index (χ4n) is 2.52. The number of benzene rings is 1. The first-order chi connectivity index (χ1) is 9.78. The van der Waals surface area contributed by atoms with Gasteiger partial charge in [-0.1, -0.05) is 6.07 Å². The molecule has 1 heterocycles. The van der Waals surface area contributed by atoms with E-state index in [1.807, 2.05) is 0 Å². The summed E-state index contributed by atoms with van der Waals surface area (Å²) in [6.07, 6.45) is 0.635. The van der Waals surface area contributed by atoms with Crippen LogP contribution < -0.4 is 5.73 Å². The van der Waals surface area contributed by atoms with Crippen molar-refractivity contribution >= 4 is 16.0 Å². The summed E-state index contributed by atoms with van der Waals surface area (Å²) in [5, 5.41) is 0. The van der Waals surface area contributed by atoms with E-state index in [1.165, 1.54) is 17.5 Å². The Hall–Kier alpha value is -1.44. The maximum absolute atomic E-state index is 12.8. The Balaban J connectivity index is 2.47. The van der Waals surface area contributed by atoms with E-state index in [9.17, 15) is 13.2 Å². The van der Waals surface area contributed by atoms with Crippen LogP contribution in [0.1, 0.15) is 29.3 Å². The molecule has 116 valence electrons. The number of carbonyl (C=O) groups excluding carboxylic acids is 1. The number of methoxy groups -OCH3 is 1. The lowest BCUT2D eigenvalue weighted by Gasteiger charge is -2.23. The Bertz CT molecular complexity index is 657. The molecule has 2 rings (SSSR count). The third kappa shape index (κ3) is 2.81. The lowest BCUT2D eigenvalue weighted by Crippen LogP contribution is -2.40. The number of ether oxygens (including phenoxy) is 1. The normalized spacial score (nSPS) is 23.2. The molecule has 0 spiro atoms. The van der Waals surface area contributed by atoms with E-state index in [2.05, 4.69) is 4.74 Å². The van der Waals surface area contributed by atoms with Crippen LogP contribution in [0, 0.1) is 6.92 Å². The molecule has 1 saturated heterocycles. The molecule has 2 N–H and O–H groups in total. The number of sulfonamides is 1. The Morgan fingerprint density at radius 3 is 2.62 bits per heavy atom. The Morgan fingerprint density at radius 2 is 2.10 bits per heavy atom. The van der Waals surface area contributed by atoms with Crippen molar-refractivity contribution in [2.24, 2.45) is 5.73 Å². The largest absolute Gasteiger partial charge is 0.465 e. The van der Waals surface area contributed by atoms with Crippen molar-refractivity contribution in [3.8, 4) is 0 Å². The number of hydrogen-bond acceptors (Lipinski definition) is 5. The molecule has 1 fully saturated rings. The Morgan fingerprint density at radius 1 is 1.43 bits per heavy atom. The van der Waals surface area contributed by atoms with Crippen molar-refractivity contribution in [2.75, 3.05) is 13.7 Å². The number of esters is 1. The molecule has 0 bridgehead atoms. The molecule has 0 radical (unpaired) electrons. The van der Waals surface area contributed by atoms with E-state index in [0.717, 1.165) is 0 Å². The van der Waals surface area contributed by atoms with Crippen LogP contribution in [0.5, 0.6) is 0 Å². The standard InChI is InChI=1S/C14H20N2O4S/c1-9-4-5-11(14(17)20-3)8-13(9)21(18,19)16-7-6-12(15)10(16)2/h4-5,8,10,12H,6-7,15H2,1-3H3. The molecule has 1 aliphatic heterocycles. The summed E-state index contributed by atoms with van der Waals surface area (Å²) in [5.74, 6) is -0.558. The quantitative estimate of drug-likeness (QED) is 0.837. The number of carbonyl (C=O) groups is 1. The van der Waals surface area contributed by atoms with Gasteiger partial charge in [0.25, 0.3) is 0 Å². The fourth-order valence-corrected chi connectivity index (χ4v) is 4.47. The molecule has 7 heteroatoms. The van der Waals surface area contributed by atoms with Gasteiger partial charge >= 0.3 is 5.97 Å². The Kier molecular flexibility index (Phi) is 4.36. The summed E-state index contributed by atoms with van der Waals surface area (Å²) < 4.78 is 31.6. The van der Waals surface area contributed by atoms with Crippen LogP contribution in [0.4, 0.5) is 0 Å². The highest BCUT2D eigenvalue weighted by molar-refractivity contribution is 7.89. The first kappa shape index (κ1) is 15.9. The zero-order chi connectivity index (χ0) is 15.8. The molecule has 21 heavy (non-hydrogen) atoms. The van der Waals surface area contributed by atoms with Gasteiger partial charge in [-0.15, -0.1) is 0 Å². The second kappa shape index (κ2) is 5.75. The van der Waals surface area contributed by atoms with Crippen LogP contribution in [0.15, 0.2) is 23.1 Å². The van der Waals surface area contributed by atoms with Crippen molar-refractivity contribution in [1.82, 2.24) is 4.31 Å². The van der Waals surface area contributed by atoms with Crippen molar-refractivity contribution in [2.45, 2.75) is 37.2 Å².